The van der Waals surface area contributed by atoms with Crippen LogP contribution in [0.1, 0.15) is 78.1 Å². The summed E-state index contributed by atoms with van der Waals surface area (Å²) in [4.78, 5) is 4.37. The lowest BCUT2D eigenvalue weighted by molar-refractivity contribution is 0.290. The fourth-order valence-electron chi connectivity index (χ4n) is 2.93. The van der Waals surface area contributed by atoms with E-state index < -0.39 is 0 Å². The summed E-state index contributed by atoms with van der Waals surface area (Å²) in [7, 11) is 0. The molecule has 2 aromatic rings. The molecule has 0 N–H and O–H groups in total. The Bertz CT molecular complexity index is 629. The lowest BCUT2D eigenvalue weighted by atomic mass is 10.1. The number of unbranched alkanes of at least 4 members (excludes halogenated alkanes) is 8. The third kappa shape index (κ3) is 8.68. The molecule has 2 heterocycles. The zero-order chi connectivity index (χ0) is 19.9. The van der Waals surface area contributed by atoms with Crippen LogP contribution in [0.3, 0.4) is 0 Å². The third-order valence-electron chi connectivity index (χ3n) is 4.67. The van der Waals surface area contributed by atoms with Crippen molar-refractivity contribution in [2.24, 2.45) is 0 Å². The molecule has 2 aromatic heterocycles. The highest BCUT2D eigenvalue weighted by Crippen LogP contribution is 2.19. The van der Waals surface area contributed by atoms with E-state index in [1.165, 1.54) is 51.4 Å². The number of nitrogens with zero attached hydrogens (tertiary/aromatic N) is 3. The molecule has 0 fully saturated rings. The molecular formula is C23H35N3O2. The smallest absolute Gasteiger partial charge is 0.233 e. The molecule has 0 bridgehead atoms. The van der Waals surface area contributed by atoms with Gasteiger partial charge in [0.25, 0.3) is 0 Å². The molecule has 0 aliphatic rings. The van der Waals surface area contributed by atoms with Crippen LogP contribution in [0.2, 0.25) is 0 Å². The molecule has 2 rings (SSSR count). The van der Waals surface area contributed by atoms with Gasteiger partial charge in [0.05, 0.1) is 18.9 Å². The summed E-state index contributed by atoms with van der Waals surface area (Å²) in [6, 6.07) is 7.65. The molecule has 5 nitrogen and oxygen atoms in total. The fourth-order valence-corrected chi connectivity index (χ4v) is 2.93. The maximum Gasteiger partial charge on any atom is 0.233 e. The summed E-state index contributed by atoms with van der Waals surface area (Å²) in [5.41, 5.74) is 1.71. The van der Waals surface area contributed by atoms with Crippen LogP contribution >= 0.6 is 0 Å². The van der Waals surface area contributed by atoms with Gasteiger partial charge in [-0.3, -0.25) is 0 Å². The lowest BCUT2D eigenvalue weighted by Crippen LogP contribution is -2.01. The Labute approximate surface area is 169 Å². The Balaban J connectivity index is 1.70. The number of hydrogen-bond acceptors (Lipinski definition) is 5. The van der Waals surface area contributed by atoms with Gasteiger partial charge in [0, 0.05) is 23.9 Å². The number of rotatable bonds is 15. The first-order chi connectivity index (χ1) is 13.8. The van der Waals surface area contributed by atoms with Gasteiger partial charge in [-0.05, 0) is 25.0 Å². The van der Waals surface area contributed by atoms with E-state index in [4.69, 9.17) is 9.47 Å². The standard InChI is InChI=1S/C23H35N3O2/c1-3-5-7-9-10-12-18-28-23-16-14-21(25-26-23)20-13-15-22(24-19-20)27-17-11-8-6-4-2/h13-16,19H,3-12,17-18H2,1-2H3. The van der Waals surface area contributed by atoms with Crippen molar-refractivity contribution < 1.29 is 9.47 Å². The maximum absolute atomic E-state index is 5.69. The fraction of sp³-hybridized carbons (Fsp3) is 0.609. The van der Waals surface area contributed by atoms with Gasteiger partial charge in [-0.25, -0.2) is 4.98 Å². The first-order valence-electron chi connectivity index (χ1n) is 10.9. The topological polar surface area (TPSA) is 57.1 Å². The van der Waals surface area contributed by atoms with Gasteiger partial charge in [-0.1, -0.05) is 65.2 Å². The third-order valence-corrected chi connectivity index (χ3v) is 4.67. The molecule has 28 heavy (non-hydrogen) atoms. The van der Waals surface area contributed by atoms with Gasteiger partial charge in [0.2, 0.25) is 11.8 Å². The minimum atomic E-state index is 0.581. The molecule has 5 heteroatoms. The number of pyridine rings is 1. The van der Waals surface area contributed by atoms with Gasteiger partial charge in [-0.15, -0.1) is 10.2 Å². The van der Waals surface area contributed by atoms with E-state index >= 15 is 0 Å². The Hall–Kier alpha value is -2.17. The molecule has 0 saturated carbocycles. The first-order valence-corrected chi connectivity index (χ1v) is 10.9. The zero-order valence-electron chi connectivity index (χ0n) is 17.5. The minimum Gasteiger partial charge on any atom is -0.478 e. The summed E-state index contributed by atoms with van der Waals surface area (Å²) in [5.74, 6) is 1.24. The molecule has 0 aliphatic carbocycles. The number of ether oxygens (including phenoxy) is 2. The predicted octanol–water partition coefficient (Wildman–Crippen LogP) is 6.24. The van der Waals surface area contributed by atoms with Crippen molar-refractivity contribution in [1.29, 1.82) is 0 Å². The Kier molecular flexibility index (Phi) is 11.0. The second-order valence-electron chi connectivity index (χ2n) is 7.17. The normalized spacial score (nSPS) is 10.8. The van der Waals surface area contributed by atoms with Gasteiger partial charge in [0.15, 0.2) is 0 Å². The van der Waals surface area contributed by atoms with Gasteiger partial charge in [-0.2, -0.15) is 0 Å². The van der Waals surface area contributed by atoms with E-state index in [-0.39, 0.29) is 0 Å². The average molecular weight is 386 g/mol. The van der Waals surface area contributed by atoms with Crippen LogP contribution in [-0.2, 0) is 0 Å². The van der Waals surface area contributed by atoms with Crippen molar-refractivity contribution in [2.75, 3.05) is 13.2 Å². The monoisotopic (exact) mass is 385 g/mol. The van der Waals surface area contributed by atoms with Crippen LogP contribution < -0.4 is 9.47 Å². The summed E-state index contributed by atoms with van der Waals surface area (Å²) in [5, 5.41) is 8.43. The molecule has 0 amide bonds. The molecule has 0 radical (unpaired) electrons. The van der Waals surface area contributed by atoms with Crippen molar-refractivity contribution in [3.8, 4) is 23.0 Å². The zero-order valence-corrected chi connectivity index (χ0v) is 17.5. The van der Waals surface area contributed by atoms with E-state index in [1.807, 2.05) is 24.3 Å². The van der Waals surface area contributed by atoms with Crippen LogP contribution in [0.15, 0.2) is 30.5 Å². The first kappa shape index (κ1) is 22.1. The number of aromatic nitrogens is 3. The summed E-state index contributed by atoms with van der Waals surface area (Å²) < 4.78 is 11.4. The van der Waals surface area contributed by atoms with E-state index in [1.54, 1.807) is 6.20 Å². The van der Waals surface area contributed by atoms with E-state index in [9.17, 15) is 0 Å². The van der Waals surface area contributed by atoms with Crippen LogP contribution in [0.5, 0.6) is 11.8 Å². The second-order valence-corrected chi connectivity index (χ2v) is 7.17. The number of hydrogen-bond donors (Lipinski definition) is 0. The van der Waals surface area contributed by atoms with E-state index in [0.717, 1.165) is 30.7 Å². The van der Waals surface area contributed by atoms with Crippen molar-refractivity contribution in [1.82, 2.24) is 15.2 Å². The lowest BCUT2D eigenvalue weighted by Gasteiger charge is -2.07. The maximum atomic E-state index is 5.69. The van der Waals surface area contributed by atoms with E-state index in [2.05, 4.69) is 29.0 Å². The van der Waals surface area contributed by atoms with E-state index in [0.29, 0.717) is 18.4 Å². The van der Waals surface area contributed by atoms with Crippen LogP contribution in [0.25, 0.3) is 11.3 Å². The van der Waals surface area contributed by atoms with Gasteiger partial charge < -0.3 is 9.47 Å². The van der Waals surface area contributed by atoms with Crippen molar-refractivity contribution in [2.45, 2.75) is 78.1 Å². The average Bonchev–Trinajstić information content (AvgIpc) is 2.74. The molecule has 0 unspecified atom stereocenters. The highest BCUT2D eigenvalue weighted by molar-refractivity contribution is 5.57. The SMILES string of the molecule is CCCCCCCCOc1ccc(-c2ccc(OCCCCCC)nc2)nn1. The molecule has 0 spiro atoms. The molecule has 154 valence electrons. The summed E-state index contributed by atoms with van der Waals surface area (Å²) in [6.07, 6.45) is 14.0. The minimum absolute atomic E-state index is 0.581. The van der Waals surface area contributed by atoms with Crippen LogP contribution in [0, 0.1) is 0 Å². The predicted molar refractivity (Wildman–Crippen MR) is 114 cm³/mol. The Morgan fingerprint density at radius 3 is 1.86 bits per heavy atom. The molecular weight excluding hydrogens is 350 g/mol. The van der Waals surface area contributed by atoms with Crippen molar-refractivity contribution in [3.05, 3.63) is 30.5 Å². The van der Waals surface area contributed by atoms with Crippen LogP contribution in [-0.4, -0.2) is 28.4 Å². The summed E-state index contributed by atoms with van der Waals surface area (Å²) in [6.45, 7) is 5.86. The highest BCUT2D eigenvalue weighted by atomic mass is 16.5. The van der Waals surface area contributed by atoms with Crippen molar-refractivity contribution in [3.63, 3.8) is 0 Å². The van der Waals surface area contributed by atoms with Crippen LogP contribution in [0.4, 0.5) is 0 Å². The summed E-state index contributed by atoms with van der Waals surface area (Å²) >= 11 is 0. The molecule has 0 atom stereocenters. The molecule has 0 aromatic carbocycles. The second kappa shape index (κ2) is 13.9. The van der Waals surface area contributed by atoms with Crippen molar-refractivity contribution >= 4 is 0 Å². The van der Waals surface area contributed by atoms with Gasteiger partial charge >= 0.3 is 0 Å². The Morgan fingerprint density at radius 2 is 1.25 bits per heavy atom. The largest absolute Gasteiger partial charge is 0.478 e. The van der Waals surface area contributed by atoms with Gasteiger partial charge in [0.1, 0.15) is 0 Å². The molecule has 0 aliphatic heterocycles. The molecule has 0 saturated heterocycles. The quantitative estimate of drug-likeness (QED) is 0.340. The highest BCUT2D eigenvalue weighted by Gasteiger charge is 2.04. The Morgan fingerprint density at radius 1 is 0.643 bits per heavy atom.